The molecule has 0 N–H and O–H groups in total. The van der Waals surface area contributed by atoms with E-state index in [1.165, 1.54) is 60.5 Å². The minimum Gasteiger partial charge on any atom is -0.343 e. The molecule has 0 spiro atoms. The van der Waals surface area contributed by atoms with E-state index < -0.39 is 0 Å². The molecule has 5 aromatic rings. The number of nitrogens with zero attached hydrogens (tertiary/aromatic N) is 2. The number of aryl methyl sites for hydroxylation is 5. The van der Waals surface area contributed by atoms with Crippen molar-refractivity contribution in [1.82, 2.24) is 4.57 Å². The molecule has 5 rings (SSSR count). The van der Waals surface area contributed by atoms with Gasteiger partial charge in [0.1, 0.15) is 7.05 Å². The third-order valence-electron chi connectivity index (χ3n) is 6.05. The molecule has 2 nitrogen and oxygen atoms in total. The van der Waals surface area contributed by atoms with Crippen molar-refractivity contribution in [2.75, 3.05) is 0 Å². The van der Waals surface area contributed by atoms with E-state index in [-0.39, 0.29) is 0 Å². The van der Waals surface area contributed by atoms with Crippen LogP contribution in [0.5, 0.6) is 0 Å². The van der Waals surface area contributed by atoms with Crippen LogP contribution >= 0.6 is 0 Å². The van der Waals surface area contributed by atoms with E-state index in [2.05, 4.69) is 105 Å². The number of hydrogen-bond donors (Lipinski definition) is 0. The van der Waals surface area contributed by atoms with Crippen molar-refractivity contribution in [2.45, 2.75) is 20.8 Å². The number of pyridine rings is 1. The molecule has 0 unspecified atom stereocenters. The number of fused-ring (bicyclic) bond motifs is 4. The van der Waals surface area contributed by atoms with Gasteiger partial charge in [0.15, 0.2) is 6.20 Å². The molecule has 0 atom stereocenters. The van der Waals surface area contributed by atoms with Crippen molar-refractivity contribution in [3.8, 4) is 11.3 Å². The molecule has 0 bridgehead atoms. The summed E-state index contributed by atoms with van der Waals surface area (Å²) >= 11 is 0. The van der Waals surface area contributed by atoms with Gasteiger partial charge in [0.2, 0.25) is 5.69 Å². The Kier molecular flexibility index (Phi) is 3.60. The second-order valence-corrected chi connectivity index (χ2v) is 8.09. The summed E-state index contributed by atoms with van der Waals surface area (Å²) in [6.45, 7) is 6.59. The molecule has 0 aliphatic heterocycles. The zero-order valence-electron chi connectivity index (χ0n) is 17.2. The van der Waals surface area contributed by atoms with Crippen molar-refractivity contribution < 1.29 is 4.57 Å². The topological polar surface area (TPSA) is 8.81 Å². The van der Waals surface area contributed by atoms with E-state index >= 15 is 0 Å². The molecule has 0 aliphatic carbocycles. The van der Waals surface area contributed by atoms with Crippen LogP contribution in [-0.2, 0) is 14.1 Å². The van der Waals surface area contributed by atoms with Gasteiger partial charge in [-0.3, -0.25) is 0 Å². The Hall–Kier alpha value is -3.13. The van der Waals surface area contributed by atoms with Gasteiger partial charge in [-0.2, -0.15) is 0 Å². The minimum atomic E-state index is 1.29. The first-order valence-corrected chi connectivity index (χ1v) is 9.83. The molecule has 0 aliphatic rings. The molecular weight excluding hydrogens is 340 g/mol. The van der Waals surface area contributed by atoms with Crippen molar-refractivity contribution in [3.63, 3.8) is 0 Å². The van der Waals surface area contributed by atoms with Crippen molar-refractivity contribution >= 4 is 32.6 Å². The zero-order chi connectivity index (χ0) is 19.6. The van der Waals surface area contributed by atoms with Crippen LogP contribution in [0.3, 0.4) is 0 Å². The molecule has 0 amide bonds. The van der Waals surface area contributed by atoms with Crippen LogP contribution in [-0.4, -0.2) is 4.57 Å². The summed E-state index contributed by atoms with van der Waals surface area (Å²) in [6, 6.07) is 20.1. The second kappa shape index (κ2) is 5.93. The molecule has 138 valence electrons. The molecule has 0 radical (unpaired) electrons. The van der Waals surface area contributed by atoms with E-state index in [4.69, 9.17) is 0 Å². The Morgan fingerprint density at radius 2 is 1.54 bits per heavy atom. The van der Waals surface area contributed by atoms with Crippen LogP contribution in [0.2, 0.25) is 0 Å². The fourth-order valence-corrected chi connectivity index (χ4v) is 4.82. The van der Waals surface area contributed by atoms with Crippen molar-refractivity contribution in [3.05, 3.63) is 77.5 Å². The normalized spacial score (nSPS) is 11.8. The van der Waals surface area contributed by atoms with Gasteiger partial charge in [-0.1, -0.05) is 42.0 Å². The van der Waals surface area contributed by atoms with Crippen LogP contribution in [0.1, 0.15) is 16.7 Å². The predicted octanol–water partition coefficient (Wildman–Crippen LogP) is 5.90. The van der Waals surface area contributed by atoms with Gasteiger partial charge in [0, 0.05) is 29.1 Å². The molecule has 2 heteroatoms. The highest BCUT2D eigenvalue weighted by molar-refractivity contribution is 6.17. The average molecular weight is 366 g/mol. The minimum absolute atomic E-state index is 1.29. The van der Waals surface area contributed by atoms with E-state index in [1.807, 2.05) is 0 Å². The molecule has 2 aromatic heterocycles. The zero-order valence-corrected chi connectivity index (χ0v) is 17.2. The van der Waals surface area contributed by atoms with Gasteiger partial charge >= 0.3 is 0 Å². The summed E-state index contributed by atoms with van der Waals surface area (Å²) < 4.78 is 4.66. The lowest BCUT2D eigenvalue weighted by Gasteiger charge is -2.09. The fourth-order valence-electron chi connectivity index (χ4n) is 4.82. The molecule has 28 heavy (non-hydrogen) atoms. The SMILES string of the molecule is Cc1ccc(-c2c3c4cc5ccccc5cc4n(C)c3c(C)c[n+]2C)c(C)c1. The lowest BCUT2D eigenvalue weighted by atomic mass is 9.97. The van der Waals surface area contributed by atoms with E-state index in [9.17, 15) is 0 Å². The maximum Gasteiger partial charge on any atom is 0.222 e. The van der Waals surface area contributed by atoms with Crippen LogP contribution in [0.15, 0.2) is 60.8 Å². The summed E-state index contributed by atoms with van der Waals surface area (Å²) in [4.78, 5) is 0. The van der Waals surface area contributed by atoms with Crippen molar-refractivity contribution in [1.29, 1.82) is 0 Å². The third kappa shape index (κ3) is 2.31. The lowest BCUT2D eigenvalue weighted by Crippen LogP contribution is -2.31. The Morgan fingerprint density at radius 1 is 0.821 bits per heavy atom. The summed E-state index contributed by atoms with van der Waals surface area (Å²) in [5, 5.41) is 5.25. The van der Waals surface area contributed by atoms with E-state index in [0.717, 1.165) is 0 Å². The molecular formula is C26H25N2+. The first kappa shape index (κ1) is 17.0. The van der Waals surface area contributed by atoms with Gasteiger partial charge in [-0.15, -0.1) is 0 Å². The molecule has 0 saturated heterocycles. The highest BCUT2D eigenvalue weighted by Gasteiger charge is 2.24. The molecule has 3 aromatic carbocycles. The van der Waals surface area contributed by atoms with E-state index in [0.29, 0.717) is 0 Å². The highest BCUT2D eigenvalue weighted by atomic mass is 15.0. The summed E-state index contributed by atoms with van der Waals surface area (Å²) in [7, 11) is 4.36. The van der Waals surface area contributed by atoms with Crippen LogP contribution < -0.4 is 4.57 Å². The number of benzene rings is 3. The first-order valence-electron chi connectivity index (χ1n) is 9.83. The summed E-state index contributed by atoms with van der Waals surface area (Å²) in [5.41, 5.74) is 9.12. The number of aromatic nitrogens is 2. The predicted molar refractivity (Wildman–Crippen MR) is 119 cm³/mol. The molecule has 0 saturated carbocycles. The third-order valence-corrected chi connectivity index (χ3v) is 6.05. The maximum atomic E-state index is 2.36. The highest BCUT2D eigenvalue weighted by Crippen LogP contribution is 2.38. The average Bonchev–Trinajstić information content (AvgIpc) is 2.94. The van der Waals surface area contributed by atoms with Crippen LogP contribution in [0.25, 0.3) is 43.8 Å². The Morgan fingerprint density at radius 3 is 2.25 bits per heavy atom. The monoisotopic (exact) mass is 365 g/mol. The van der Waals surface area contributed by atoms with Crippen LogP contribution in [0, 0.1) is 20.8 Å². The van der Waals surface area contributed by atoms with Gasteiger partial charge in [-0.05, 0) is 55.3 Å². The Labute approximate surface area is 165 Å². The van der Waals surface area contributed by atoms with Crippen LogP contribution in [0.4, 0.5) is 0 Å². The number of hydrogen-bond acceptors (Lipinski definition) is 0. The van der Waals surface area contributed by atoms with Gasteiger partial charge in [-0.25, -0.2) is 4.57 Å². The van der Waals surface area contributed by atoms with E-state index in [1.54, 1.807) is 0 Å². The quantitative estimate of drug-likeness (QED) is 0.327. The second-order valence-electron chi connectivity index (χ2n) is 8.09. The lowest BCUT2D eigenvalue weighted by molar-refractivity contribution is -0.659. The first-order chi connectivity index (χ1) is 13.5. The molecule has 0 fully saturated rings. The molecule has 2 heterocycles. The fraction of sp³-hybridized carbons (Fsp3) is 0.192. The summed E-state index contributed by atoms with van der Waals surface area (Å²) in [5.74, 6) is 0. The smallest absolute Gasteiger partial charge is 0.222 e. The van der Waals surface area contributed by atoms with Gasteiger partial charge in [0.05, 0.1) is 10.9 Å². The van der Waals surface area contributed by atoms with Gasteiger partial charge < -0.3 is 4.57 Å². The summed E-state index contributed by atoms with van der Waals surface area (Å²) in [6.07, 6.45) is 2.26. The Balaban J connectivity index is 2.03. The van der Waals surface area contributed by atoms with Gasteiger partial charge in [0.25, 0.3) is 0 Å². The van der Waals surface area contributed by atoms with Crippen molar-refractivity contribution in [2.24, 2.45) is 14.1 Å². The Bertz CT molecular complexity index is 1400. The maximum absolute atomic E-state index is 2.36. The number of rotatable bonds is 1. The largest absolute Gasteiger partial charge is 0.343 e. The standard InChI is InChI=1S/C26H25N2/c1-16-10-11-21(17(2)12-16)26-24-22-13-19-8-6-7-9-20(19)14-23(22)28(5)25(24)18(3)15-27(26)4/h6-15H,1-5H3/q+1.